The lowest BCUT2D eigenvalue weighted by molar-refractivity contribution is -0.133. The summed E-state index contributed by atoms with van der Waals surface area (Å²) in [4.78, 5) is 70.7. The molecular formula is C38H52FN9O10S. The molecule has 0 unspecified atom stereocenters. The molecule has 1 aromatic carbocycles. The number of aromatic nitrogens is 5. The van der Waals surface area contributed by atoms with E-state index in [2.05, 4.69) is 40.9 Å². The van der Waals surface area contributed by atoms with E-state index >= 15 is 4.39 Å². The molecule has 19 nitrogen and oxygen atoms in total. The van der Waals surface area contributed by atoms with Gasteiger partial charge >= 0.3 is 30.3 Å². The second-order valence-electron chi connectivity index (χ2n) is 16.2. The number of alkyl carbamates (subject to hydrolysis) is 2. The second-order valence-corrected chi connectivity index (χ2v) is 17.1. The van der Waals surface area contributed by atoms with Crippen molar-refractivity contribution in [3.63, 3.8) is 0 Å². The molecule has 4 rings (SSSR count). The zero-order chi connectivity index (χ0) is 43.7. The fourth-order valence-electron chi connectivity index (χ4n) is 5.10. The van der Waals surface area contributed by atoms with Crippen LogP contribution in [-0.2, 0) is 23.7 Å². The topological polar surface area (TPSA) is 241 Å². The van der Waals surface area contributed by atoms with Crippen molar-refractivity contribution in [1.82, 2.24) is 35.6 Å². The van der Waals surface area contributed by atoms with Crippen molar-refractivity contribution in [2.45, 2.75) is 96.7 Å². The number of fused-ring (bicyclic) bond motifs is 3. The van der Waals surface area contributed by atoms with Crippen molar-refractivity contribution in [2.75, 3.05) is 49.3 Å². The smallest absolute Gasteiger partial charge is 0.414 e. The normalized spacial score (nSPS) is 12.5. The molecule has 0 bridgehead atoms. The lowest BCUT2D eigenvalue weighted by Crippen LogP contribution is -2.42. The van der Waals surface area contributed by atoms with Gasteiger partial charge in [0.2, 0.25) is 0 Å². The van der Waals surface area contributed by atoms with Crippen LogP contribution in [0.2, 0.25) is 0 Å². The first-order chi connectivity index (χ1) is 27.5. The second kappa shape index (κ2) is 19.4. The van der Waals surface area contributed by atoms with Gasteiger partial charge in [0.05, 0.1) is 47.4 Å². The van der Waals surface area contributed by atoms with E-state index < -0.39 is 52.9 Å². The minimum Gasteiger partial charge on any atom is -0.481 e. The molecule has 59 heavy (non-hydrogen) atoms. The van der Waals surface area contributed by atoms with Gasteiger partial charge in [0.25, 0.3) is 0 Å². The molecule has 0 spiro atoms. The average Bonchev–Trinajstić information content (AvgIpc) is 3.47. The van der Waals surface area contributed by atoms with E-state index in [9.17, 15) is 19.2 Å². The highest BCUT2D eigenvalue weighted by atomic mass is 32.2. The summed E-state index contributed by atoms with van der Waals surface area (Å²) in [6, 6.07) is 1.55. The maximum absolute atomic E-state index is 15.5. The van der Waals surface area contributed by atoms with Crippen molar-refractivity contribution in [1.29, 1.82) is 0 Å². The molecule has 3 amide bonds. The number of aromatic amines is 1. The molecule has 5 N–H and O–H groups in total. The Labute approximate surface area is 344 Å². The number of H-pyrrole nitrogens is 1. The van der Waals surface area contributed by atoms with Crippen LogP contribution >= 0.6 is 11.8 Å². The molecule has 4 aromatic rings. The number of nitrogens with zero attached hydrogens (tertiary/aromatic N) is 5. The van der Waals surface area contributed by atoms with E-state index in [1.54, 1.807) is 62.3 Å². The number of hydrogen-bond donors (Lipinski definition) is 5. The van der Waals surface area contributed by atoms with Gasteiger partial charge in [0.1, 0.15) is 34.1 Å². The number of benzene rings is 1. The summed E-state index contributed by atoms with van der Waals surface area (Å²) in [5.74, 6) is -1.68. The SMILES string of the molecule is CN(C(=O)OC(C)(C)C)c1cc(F)cc2c1[nH]c1nc(Oc3cnc(SCC(=O)O)nc3)nc(N[C@H](CNC(=O)OC(C)(C)C)COCCCNC(=O)OC(C)(C)C)c12. The average molecular weight is 846 g/mol. The lowest BCUT2D eigenvalue weighted by atomic mass is 10.1. The van der Waals surface area contributed by atoms with Gasteiger partial charge < -0.3 is 49.7 Å². The quantitative estimate of drug-likeness (QED) is 0.0345. The molecule has 0 saturated carbocycles. The summed E-state index contributed by atoms with van der Waals surface area (Å²) < 4.78 is 43.6. The van der Waals surface area contributed by atoms with Crippen LogP contribution in [0.3, 0.4) is 0 Å². The van der Waals surface area contributed by atoms with Gasteiger partial charge in [-0.15, -0.1) is 0 Å². The highest BCUT2D eigenvalue weighted by Gasteiger charge is 2.27. The Bertz CT molecular complexity index is 2120. The third-order valence-corrected chi connectivity index (χ3v) is 8.20. The maximum Gasteiger partial charge on any atom is 0.414 e. The predicted octanol–water partition coefficient (Wildman–Crippen LogP) is 6.62. The molecule has 322 valence electrons. The Morgan fingerprint density at radius 1 is 0.915 bits per heavy atom. The number of carboxylic acids is 1. The van der Waals surface area contributed by atoms with Crippen molar-refractivity contribution in [3.8, 4) is 11.8 Å². The van der Waals surface area contributed by atoms with Gasteiger partial charge in [0.15, 0.2) is 10.9 Å². The number of carboxylic acid groups (broad SMARTS) is 1. The number of nitrogens with one attached hydrogen (secondary N) is 4. The van der Waals surface area contributed by atoms with Crippen molar-refractivity contribution >= 4 is 69.5 Å². The predicted molar refractivity (Wildman–Crippen MR) is 218 cm³/mol. The molecule has 1 atom stereocenters. The number of amides is 3. The Kier molecular flexibility index (Phi) is 15.1. The molecule has 0 radical (unpaired) electrons. The van der Waals surface area contributed by atoms with Gasteiger partial charge in [-0.1, -0.05) is 11.8 Å². The van der Waals surface area contributed by atoms with Crippen LogP contribution in [-0.4, -0.2) is 116 Å². The standard InChI is InChI=1S/C38H52FN9O10S/c1-36(2,3)56-33(51)40-12-11-13-54-19-22(16-43-34(52)57-37(4,5)6)44-29-27-24-14-21(39)15-25(48(10)35(53)58-38(7,8)9)28(24)45-30(27)47-31(46-29)55-23-17-41-32(42-18-23)59-20-26(49)50/h14-15,17-18,22H,11-13,16,19-20H2,1-10H3,(H,40,51)(H,43,52)(H,49,50)(H2,44,45,46,47)/t22-/m1/s1. The molecule has 0 aliphatic carbocycles. The van der Waals surface area contributed by atoms with E-state index in [0.717, 1.165) is 11.8 Å². The summed E-state index contributed by atoms with van der Waals surface area (Å²) in [7, 11) is 1.45. The summed E-state index contributed by atoms with van der Waals surface area (Å²) in [6.07, 6.45) is 1.12. The number of ether oxygens (including phenoxy) is 5. The Morgan fingerprint density at radius 2 is 1.54 bits per heavy atom. The number of hydrogen-bond acceptors (Lipinski definition) is 15. The zero-order valence-corrected chi connectivity index (χ0v) is 35.6. The van der Waals surface area contributed by atoms with Crippen molar-refractivity contribution in [2.24, 2.45) is 0 Å². The molecule has 0 fully saturated rings. The van der Waals surface area contributed by atoms with Crippen LogP contribution in [0.25, 0.3) is 21.9 Å². The van der Waals surface area contributed by atoms with Crippen molar-refractivity contribution in [3.05, 3.63) is 30.3 Å². The Hall–Kier alpha value is -5.70. The Morgan fingerprint density at radius 3 is 2.15 bits per heavy atom. The number of rotatable bonds is 16. The maximum atomic E-state index is 15.5. The van der Waals surface area contributed by atoms with Crippen LogP contribution in [0.15, 0.2) is 29.7 Å². The van der Waals surface area contributed by atoms with Gasteiger partial charge in [0, 0.05) is 32.1 Å². The first-order valence-electron chi connectivity index (χ1n) is 18.6. The number of carbonyl (C=O) groups excluding carboxylic acids is 3. The fourth-order valence-corrected chi connectivity index (χ4v) is 5.61. The summed E-state index contributed by atoms with van der Waals surface area (Å²) in [5, 5.41) is 18.5. The number of carbonyl (C=O) groups is 4. The minimum atomic E-state index is -1.03. The number of thioether (sulfide) groups is 1. The largest absolute Gasteiger partial charge is 0.481 e. The zero-order valence-electron chi connectivity index (χ0n) is 34.8. The molecule has 0 aliphatic rings. The number of halogens is 1. The third-order valence-electron chi connectivity index (χ3n) is 7.34. The van der Waals surface area contributed by atoms with E-state index in [4.69, 9.17) is 28.8 Å². The molecule has 0 saturated heterocycles. The molecule has 21 heteroatoms. The molecule has 3 aromatic heterocycles. The van der Waals surface area contributed by atoms with Crippen LogP contribution in [0.1, 0.15) is 68.7 Å². The number of anilines is 2. The highest BCUT2D eigenvalue weighted by Crippen LogP contribution is 2.37. The van der Waals surface area contributed by atoms with Crippen LogP contribution < -0.4 is 25.6 Å². The Balaban J connectivity index is 1.72. The molecule has 3 heterocycles. The van der Waals surface area contributed by atoms with Crippen LogP contribution in [0, 0.1) is 5.82 Å². The molecular weight excluding hydrogens is 794 g/mol. The van der Waals surface area contributed by atoms with Crippen LogP contribution in [0.4, 0.5) is 30.3 Å². The summed E-state index contributed by atoms with van der Waals surface area (Å²) in [6.45, 7) is 16.1. The third kappa shape index (κ3) is 14.9. The van der Waals surface area contributed by atoms with Gasteiger partial charge in [-0.3, -0.25) is 9.69 Å². The highest BCUT2D eigenvalue weighted by molar-refractivity contribution is 7.99. The van der Waals surface area contributed by atoms with E-state index in [1.165, 1.54) is 36.5 Å². The van der Waals surface area contributed by atoms with Gasteiger partial charge in [-0.2, -0.15) is 9.97 Å². The van der Waals surface area contributed by atoms with Gasteiger partial charge in [-0.25, -0.2) is 28.7 Å². The van der Waals surface area contributed by atoms with Crippen molar-refractivity contribution < 1.29 is 52.4 Å². The minimum absolute atomic E-state index is 0.0105. The fraction of sp³-hybridized carbons (Fsp3) is 0.526. The number of aliphatic carboxylic acids is 1. The monoisotopic (exact) mass is 845 g/mol. The summed E-state index contributed by atoms with van der Waals surface area (Å²) >= 11 is 0.924. The van der Waals surface area contributed by atoms with Crippen LogP contribution in [0.5, 0.6) is 11.8 Å². The summed E-state index contributed by atoms with van der Waals surface area (Å²) in [5.41, 5.74) is -1.60. The van der Waals surface area contributed by atoms with E-state index in [1.807, 2.05) is 0 Å². The first-order valence-corrected chi connectivity index (χ1v) is 19.6. The van der Waals surface area contributed by atoms with E-state index in [-0.39, 0.29) is 66.1 Å². The lowest BCUT2D eigenvalue weighted by Gasteiger charge is -2.25. The first kappa shape index (κ1) is 46.0. The van der Waals surface area contributed by atoms with E-state index in [0.29, 0.717) is 22.7 Å². The van der Waals surface area contributed by atoms with Gasteiger partial charge in [-0.05, 0) is 80.9 Å². The molecule has 0 aliphatic heterocycles.